The highest BCUT2D eigenvalue weighted by molar-refractivity contribution is 5.87. The highest BCUT2D eigenvalue weighted by Crippen LogP contribution is 2.35. The van der Waals surface area contributed by atoms with Crippen LogP contribution in [0.25, 0.3) is 0 Å². The lowest BCUT2D eigenvalue weighted by atomic mass is 9.83. The van der Waals surface area contributed by atoms with E-state index >= 15 is 0 Å². The van der Waals surface area contributed by atoms with Gasteiger partial charge < -0.3 is 20.1 Å². The monoisotopic (exact) mass is 368 g/mol. The maximum Gasteiger partial charge on any atom is 0.230 e. The van der Waals surface area contributed by atoms with Crippen LogP contribution >= 0.6 is 12.4 Å². The van der Waals surface area contributed by atoms with Gasteiger partial charge in [0.25, 0.3) is 0 Å². The Morgan fingerprint density at radius 3 is 2.76 bits per heavy atom. The molecule has 0 aliphatic carbocycles. The van der Waals surface area contributed by atoms with Crippen LogP contribution in [0.5, 0.6) is 11.5 Å². The SMILES string of the molecule is CC(C)(C(=O)NCCC1CCCNC1)c1ccc2c(c1)OCCO2.Cl. The molecule has 1 aromatic carbocycles. The smallest absolute Gasteiger partial charge is 0.230 e. The lowest BCUT2D eigenvalue weighted by Gasteiger charge is -2.27. The summed E-state index contributed by atoms with van der Waals surface area (Å²) in [5, 5.41) is 6.53. The quantitative estimate of drug-likeness (QED) is 0.838. The third-order valence-corrected chi connectivity index (χ3v) is 5.07. The maximum atomic E-state index is 12.7. The van der Waals surface area contributed by atoms with Gasteiger partial charge in [0.2, 0.25) is 5.91 Å². The van der Waals surface area contributed by atoms with Crippen LogP contribution in [-0.4, -0.2) is 38.8 Å². The summed E-state index contributed by atoms with van der Waals surface area (Å²) in [4.78, 5) is 12.7. The third-order valence-electron chi connectivity index (χ3n) is 5.07. The molecule has 1 saturated heterocycles. The van der Waals surface area contributed by atoms with Crippen LogP contribution in [0.2, 0.25) is 0 Å². The molecule has 140 valence electrons. The Hall–Kier alpha value is -1.46. The fourth-order valence-electron chi connectivity index (χ4n) is 3.34. The van der Waals surface area contributed by atoms with Crippen molar-refractivity contribution in [3.63, 3.8) is 0 Å². The summed E-state index contributed by atoms with van der Waals surface area (Å²) in [7, 11) is 0. The first-order chi connectivity index (χ1) is 11.6. The van der Waals surface area contributed by atoms with E-state index < -0.39 is 5.41 Å². The zero-order valence-corrected chi connectivity index (χ0v) is 15.9. The minimum absolute atomic E-state index is 0. The summed E-state index contributed by atoms with van der Waals surface area (Å²) in [5.41, 5.74) is 0.351. The Balaban J connectivity index is 0.00000225. The van der Waals surface area contributed by atoms with Gasteiger partial charge in [0, 0.05) is 6.54 Å². The Labute approximate surface area is 156 Å². The lowest BCUT2D eigenvalue weighted by Crippen LogP contribution is -2.41. The topological polar surface area (TPSA) is 59.6 Å². The number of rotatable bonds is 5. The van der Waals surface area contributed by atoms with E-state index in [1.165, 1.54) is 12.8 Å². The molecular formula is C19H29ClN2O3. The second-order valence-corrected chi connectivity index (χ2v) is 7.24. The van der Waals surface area contributed by atoms with Crippen molar-refractivity contribution in [1.29, 1.82) is 0 Å². The molecule has 2 N–H and O–H groups in total. The maximum absolute atomic E-state index is 12.7. The fourth-order valence-corrected chi connectivity index (χ4v) is 3.34. The van der Waals surface area contributed by atoms with Gasteiger partial charge in [0.15, 0.2) is 11.5 Å². The van der Waals surface area contributed by atoms with Crippen LogP contribution in [-0.2, 0) is 10.2 Å². The second kappa shape index (κ2) is 8.77. The molecule has 5 nitrogen and oxygen atoms in total. The van der Waals surface area contributed by atoms with E-state index in [1.807, 2.05) is 32.0 Å². The predicted octanol–water partition coefficient (Wildman–Crippen LogP) is 2.66. The van der Waals surface area contributed by atoms with Gasteiger partial charge in [-0.25, -0.2) is 0 Å². The molecule has 2 aliphatic heterocycles. The van der Waals surface area contributed by atoms with E-state index in [9.17, 15) is 4.79 Å². The van der Waals surface area contributed by atoms with E-state index in [-0.39, 0.29) is 18.3 Å². The molecule has 0 aromatic heterocycles. The summed E-state index contributed by atoms with van der Waals surface area (Å²) in [6.45, 7) is 7.97. The van der Waals surface area contributed by atoms with Crippen LogP contribution in [0.4, 0.5) is 0 Å². The number of piperidine rings is 1. The van der Waals surface area contributed by atoms with Gasteiger partial charge in [-0.15, -0.1) is 12.4 Å². The van der Waals surface area contributed by atoms with Crippen molar-refractivity contribution in [2.45, 2.75) is 38.5 Å². The van der Waals surface area contributed by atoms with Gasteiger partial charge in [0.1, 0.15) is 13.2 Å². The molecule has 0 saturated carbocycles. The van der Waals surface area contributed by atoms with Crippen LogP contribution in [0.15, 0.2) is 18.2 Å². The molecule has 0 radical (unpaired) electrons. The van der Waals surface area contributed by atoms with Gasteiger partial charge in [-0.3, -0.25) is 4.79 Å². The minimum Gasteiger partial charge on any atom is -0.486 e. The first-order valence-electron chi connectivity index (χ1n) is 8.96. The standard InChI is InChI=1S/C19H28N2O3.ClH/c1-19(2,15-5-6-16-17(12-15)24-11-10-23-16)18(22)21-9-7-14-4-3-8-20-13-14;/h5-6,12,14,20H,3-4,7-11,13H2,1-2H3,(H,21,22);1H. The molecule has 6 heteroatoms. The number of fused-ring (bicyclic) bond motifs is 1. The molecule has 1 atom stereocenters. The zero-order chi connectivity index (χ0) is 17.0. The summed E-state index contributed by atoms with van der Waals surface area (Å²) in [5.74, 6) is 2.22. The first kappa shape index (κ1) is 19.9. The molecule has 0 spiro atoms. The first-order valence-corrected chi connectivity index (χ1v) is 8.96. The molecule has 1 fully saturated rings. The van der Waals surface area contributed by atoms with Crippen molar-refractivity contribution in [3.8, 4) is 11.5 Å². The molecule has 1 unspecified atom stereocenters. The highest BCUT2D eigenvalue weighted by atomic mass is 35.5. The predicted molar refractivity (Wildman–Crippen MR) is 101 cm³/mol. The molecule has 1 aromatic rings. The van der Waals surface area contributed by atoms with Crippen molar-refractivity contribution < 1.29 is 14.3 Å². The van der Waals surface area contributed by atoms with E-state index in [2.05, 4.69) is 10.6 Å². The summed E-state index contributed by atoms with van der Waals surface area (Å²) >= 11 is 0. The molecule has 25 heavy (non-hydrogen) atoms. The van der Waals surface area contributed by atoms with E-state index in [1.54, 1.807) is 0 Å². The molecule has 2 aliphatic rings. The number of carbonyl (C=O) groups excluding carboxylic acids is 1. The number of nitrogens with one attached hydrogen (secondary N) is 2. The summed E-state index contributed by atoms with van der Waals surface area (Å²) in [6, 6.07) is 5.78. The molecular weight excluding hydrogens is 340 g/mol. The van der Waals surface area contributed by atoms with E-state index in [4.69, 9.17) is 9.47 Å². The molecule has 0 bridgehead atoms. The van der Waals surface area contributed by atoms with Crippen LogP contribution in [0.3, 0.4) is 0 Å². The Morgan fingerprint density at radius 2 is 2.04 bits per heavy atom. The number of carbonyl (C=O) groups is 1. The molecule has 3 rings (SSSR count). The highest BCUT2D eigenvalue weighted by Gasteiger charge is 2.31. The van der Waals surface area contributed by atoms with Crippen LogP contribution in [0.1, 0.15) is 38.7 Å². The van der Waals surface area contributed by atoms with Crippen molar-refractivity contribution in [1.82, 2.24) is 10.6 Å². The third kappa shape index (κ3) is 4.79. The summed E-state index contributed by atoms with van der Waals surface area (Å²) < 4.78 is 11.2. The number of hydrogen-bond donors (Lipinski definition) is 2. The van der Waals surface area contributed by atoms with Crippen molar-refractivity contribution in [2.24, 2.45) is 5.92 Å². The Kier molecular flexibility index (Phi) is 6.96. The van der Waals surface area contributed by atoms with Gasteiger partial charge in [0.05, 0.1) is 5.41 Å². The number of benzene rings is 1. The molecule has 1 amide bonds. The van der Waals surface area contributed by atoms with Crippen LogP contribution < -0.4 is 20.1 Å². The lowest BCUT2D eigenvalue weighted by molar-refractivity contribution is -0.125. The average molecular weight is 369 g/mol. The minimum atomic E-state index is -0.597. The summed E-state index contributed by atoms with van der Waals surface area (Å²) in [6.07, 6.45) is 3.53. The number of hydrogen-bond acceptors (Lipinski definition) is 4. The largest absolute Gasteiger partial charge is 0.486 e. The van der Waals surface area contributed by atoms with Crippen molar-refractivity contribution in [3.05, 3.63) is 23.8 Å². The van der Waals surface area contributed by atoms with Crippen molar-refractivity contribution in [2.75, 3.05) is 32.8 Å². The molecule has 2 heterocycles. The zero-order valence-electron chi connectivity index (χ0n) is 15.1. The second-order valence-electron chi connectivity index (χ2n) is 7.24. The van der Waals surface area contributed by atoms with Gasteiger partial charge >= 0.3 is 0 Å². The van der Waals surface area contributed by atoms with Crippen molar-refractivity contribution >= 4 is 18.3 Å². The van der Waals surface area contributed by atoms with Gasteiger partial charge in [-0.05, 0) is 69.8 Å². The fraction of sp³-hybridized carbons (Fsp3) is 0.632. The van der Waals surface area contributed by atoms with Crippen LogP contribution in [0, 0.1) is 5.92 Å². The number of ether oxygens (including phenoxy) is 2. The Bertz CT molecular complexity index is 586. The number of amides is 1. The van der Waals surface area contributed by atoms with Gasteiger partial charge in [-0.1, -0.05) is 6.07 Å². The normalized spacial score (nSPS) is 19.7. The van der Waals surface area contributed by atoms with E-state index in [0.29, 0.717) is 19.1 Å². The Morgan fingerprint density at radius 1 is 1.28 bits per heavy atom. The average Bonchev–Trinajstić information content (AvgIpc) is 2.62. The number of halogens is 1. The van der Waals surface area contributed by atoms with E-state index in [0.717, 1.165) is 43.1 Å². The van der Waals surface area contributed by atoms with Gasteiger partial charge in [-0.2, -0.15) is 0 Å².